The Morgan fingerprint density at radius 1 is 1.43 bits per heavy atom. The molecule has 0 amide bonds. The molecule has 1 aliphatic carbocycles. The molecular formula is C17H22O4. The highest BCUT2D eigenvalue weighted by molar-refractivity contribution is 5.89. The van der Waals surface area contributed by atoms with Crippen molar-refractivity contribution in [3.63, 3.8) is 0 Å². The minimum Gasteiger partial charge on any atom is -0.481 e. The standard InChI is InChI=1S/C17H22O4/c1-3-8-17(16(19)20)9-7-14(11-17)12-5-4-6-13(10-12)15(18)21-2/h4-6,10,14H,3,7-9,11H2,1-2H3,(H,19,20)/t14-,17+/m0/s1. The van der Waals surface area contributed by atoms with Gasteiger partial charge in [0.25, 0.3) is 0 Å². The summed E-state index contributed by atoms with van der Waals surface area (Å²) < 4.78 is 4.74. The van der Waals surface area contributed by atoms with Crippen molar-refractivity contribution in [3.05, 3.63) is 35.4 Å². The Morgan fingerprint density at radius 2 is 2.19 bits per heavy atom. The fourth-order valence-corrected chi connectivity index (χ4v) is 3.46. The average Bonchev–Trinajstić information content (AvgIpc) is 2.93. The van der Waals surface area contributed by atoms with E-state index in [0.29, 0.717) is 18.4 Å². The van der Waals surface area contributed by atoms with Gasteiger partial charge in [-0.2, -0.15) is 0 Å². The smallest absolute Gasteiger partial charge is 0.337 e. The quantitative estimate of drug-likeness (QED) is 0.841. The predicted octanol–water partition coefficient (Wildman–Crippen LogP) is 3.61. The number of esters is 1. The number of carboxylic acids is 1. The molecule has 0 bridgehead atoms. The number of hydrogen-bond donors (Lipinski definition) is 1. The normalized spacial score (nSPS) is 24.8. The van der Waals surface area contributed by atoms with E-state index in [1.807, 2.05) is 25.1 Å². The van der Waals surface area contributed by atoms with Crippen LogP contribution in [0.5, 0.6) is 0 Å². The molecule has 0 spiro atoms. The van der Waals surface area contributed by atoms with Crippen molar-refractivity contribution >= 4 is 11.9 Å². The number of hydrogen-bond acceptors (Lipinski definition) is 3. The zero-order valence-electron chi connectivity index (χ0n) is 12.6. The van der Waals surface area contributed by atoms with Crippen molar-refractivity contribution in [2.75, 3.05) is 7.11 Å². The monoisotopic (exact) mass is 290 g/mol. The Hall–Kier alpha value is -1.84. The first-order chi connectivity index (χ1) is 10.0. The number of carbonyl (C=O) groups excluding carboxylic acids is 1. The van der Waals surface area contributed by atoms with Crippen molar-refractivity contribution < 1.29 is 19.4 Å². The van der Waals surface area contributed by atoms with Gasteiger partial charge in [0, 0.05) is 0 Å². The number of benzene rings is 1. The van der Waals surface area contributed by atoms with Crippen LogP contribution in [0.3, 0.4) is 0 Å². The molecule has 1 fully saturated rings. The summed E-state index contributed by atoms with van der Waals surface area (Å²) in [5.74, 6) is -0.832. The Morgan fingerprint density at radius 3 is 2.81 bits per heavy atom. The van der Waals surface area contributed by atoms with Crippen LogP contribution >= 0.6 is 0 Å². The molecule has 1 N–H and O–H groups in total. The van der Waals surface area contributed by atoms with Gasteiger partial charge < -0.3 is 9.84 Å². The summed E-state index contributed by atoms with van der Waals surface area (Å²) in [4.78, 5) is 23.2. The van der Waals surface area contributed by atoms with Gasteiger partial charge in [-0.3, -0.25) is 4.79 Å². The maximum atomic E-state index is 11.6. The summed E-state index contributed by atoms with van der Waals surface area (Å²) in [6.45, 7) is 2.02. The van der Waals surface area contributed by atoms with Gasteiger partial charge in [0.1, 0.15) is 0 Å². The van der Waals surface area contributed by atoms with E-state index < -0.39 is 11.4 Å². The van der Waals surface area contributed by atoms with E-state index in [4.69, 9.17) is 4.74 Å². The summed E-state index contributed by atoms with van der Waals surface area (Å²) in [7, 11) is 1.36. The van der Waals surface area contributed by atoms with Gasteiger partial charge in [-0.15, -0.1) is 0 Å². The molecule has 0 heterocycles. The van der Waals surface area contributed by atoms with E-state index in [-0.39, 0.29) is 11.9 Å². The minimum atomic E-state index is -0.684. The Kier molecular flexibility index (Phi) is 4.66. The number of aliphatic carboxylic acids is 1. The lowest BCUT2D eigenvalue weighted by Gasteiger charge is -2.23. The molecule has 21 heavy (non-hydrogen) atoms. The van der Waals surface area contributed by atoms with Crippen molar-refractivity contribution in [2.24, 2.45) is 5.41 Å². The molecule has 2 atom stereocenters. The molecule has 0 saturated heterocycles. The zero-order valence-corrected chi connectivity index (χ0v) is 12.6. The maximum Gasteiger partial charge on any atom is 0.337 e. The highest BCUT2D eigenvalue weighted by Crippen LogP contribution is 2.49. The minimum absolute atomic E-state index is 0.206. The molecule has 4 heteroatoms. The van der Waals surface area contributed by atoms with Crippen molar-refractivity contribution in [3.8, 4) is 0 Å². The third-order valence-electron chi connectivity index (χ3n) is 4.57. The average molecular weight is 290 g/mol. The van der Waals surface area contributed by atoms with Gasteiger partial charge in [0.2, 0.25) is 0 Å². The van der Waals surface area contributed by atoms with Crippen molar-refractivity contribution in [1.29, 1.82) is 0 Å². The van der Waals surface area contributed by atoms with Gasteiger partial charge in [-0.05, 0) is 49.3 Å². The first-order valence-electron chi connectivity index (χ1n) is 7.44. The number of carbonyl (C=O) groups is 2. The molecular weight excluding hydrogens is 268 g/mol. The Balaban J connectivity index is 2.21. The molecule has 1 aliphatic rings. The second-order valence-electron chi connectivity index (χ2n) is 5.89. The molecule has 4 nitrogen and oxygen atoms in total. The maximum absolute atomic E-state index is 11.6. The Labute approximate surface area is 125 Å². The molecule has 0 aromatic heterocycles. The Bertz CT molecular complexity index is 537. The molecule has 0 radical (unpaired) electrons. The van der Waals surface area contributed by atoms with Crippen LogP contribution in [0.1, 0.15) is 60.9 Å². The van der Waals surface area contributed by atoms with Gasteiger partial charge in [0.15, 0.2) is 0 Å². The third-order valence-corrected chi connectivity index (χ3v) is 4.57. The van der Waals surface area contributed by atoms with E-state index >= 15 is 0 Å². The van der Waals surface area contributed by atoms with Gasteiger partial charge in [-0.1, -0.05) is 25.5 Å². The molecule has 114 valence electrons. The summed E-state index contributed by atoms with van der Waals surface area (Å²) in [5, 5.41) is 9.57. The van der Waals surface area contributed by atoms with E-state index in [0.717, 1.165) is 24.8 Å². The molecule has 1 aromatic rings. The van der Waals surface area contributed by atoms with Crippen LogP contribution in [0.25, 0.3) is 0 Å². The van der Waals surface area contributed by atoms with Gasteiger partial charge in [0.05, 0.1) is 18.1 Å². The van der Waals surface area contributed by atoms with Crippen LogP contribution in [0.2, 0.25) is 0 Å². The van der Waals surface area contributed by atoms with E-state index in [1.165, 1.54) is 7.11 Å². The van der Waals surface area contributed by atoms with Crippen molar-refractivity contribution in [2.45, 2.75) is 44.9 Å². The second-order valence-corrected chi connectivity index (χ2v) is 5.89. The molecule has 1 aromatic carbocycles. The molecule has 2 rings (SSSR count). The summed E-state index contributed by atoms with van der Waals surface area (Å²) >= 11 is 0. The fourth-order valence-electron chi connectivity index (χ4n) is 3.46. The van der Waals surface area contributed by atoms with E-state index in [1.54, 1.807) is 6.07 Å². The van der Waals surface area contributed by atoms with Crippen LogP contribution in [-0.2, 0) is 9.53 Å². The lowest BCUT2D eigenvalue weighted by Crippen LogP contribution is -2.27. The van der Waals surface area contributed by atoms with Crippen LogP contribution < -0.4 is 0 Å². The second kappa shape index (κ2) is 6.29. The van der Waals surface area contributed by atoms with Crippen LogP contribution in [0.4, 0.5) is 0 Å². The lowest BCUT2D eigenvalue weighted by atomic mass is 9.80. The third kappa shape index (κ3) is 3.09. The number of carboxylic acid groups (broad SMARTS) is 1. The largest absolute Gasteiger partial charge is 0.481 e. The highest BCUT2D eigenvalue weighted by atomic mass is 16.5. The van der Waals surface area contributed by atoms with Gasteiger partial charge in [-0.25, -0.2) is 4.79 Å². The fraction of sp³-hybridized carbons (Fsp3) is 0.529. The molecule has 1 saturated carbocycles. The van der Waals surface area contributed by atoms with Gasteiger partial charge >= 0.3 is 11.9 Å². The summed E-state index contributed by atoms with van der Waals surface area (Å²) in [6, 6.07) is 7.37. The van der Waals surface area contributed by atoms with Crippen molar-refractivity contribution in [1.82, 2.24) is 0 Å². The van der Waals surface area contributed by atoms with Crippen LogP contribution in [0.15, 0.2) is 24.3 Å². The molecule has 0 unspecified atom stereocenters. The summed E-state index contributed by atoms with van der Waals surface area (Å²) in [6.07, 6.45) is 3.82. The van der Waals surface area contributed by atoms with Crippen LogP contribution in [-0.4, -0.2) is 24.2 Å². The predicted molar refractivity (Wildman–Crippen MR) is 79.4 cm³/mol. The first-order valence-corrected chi connectivity index (χ1v) is 7.44. The lowest BCUT2D eigenvalue weighted by molar-refractivity contribution is -0.149. The topological polar surface area (TPSA) is 63.6 Å². The number of ether oxygens (including phenoxy) is 1. The van der Waals surface area contributed by atoms with E-state index in [9.17, 15) is 14.7 Å². The van der Waals surface area contributed by atoms with Crippen LogP contribution in [0, 0.1) is 5.41 Å². The number of rotatable bonds is 5. The highest BCUT2D eigenvalue weighted by Gasteiger charge is 2.44. The summed E-state index contributed by atoms with van der Waals surface area (Å²) in [5.41, 5.74) is 0.969. The first kappa shape index (κ1) is 15.5. The number of methoxy groups -OCH3 is 1. The SMILES string of the molecule is CCC[C@@]1(C(=O)O)CC[C@H](c2cccc(C(=O)OC)c2)C1. The van der Waals surface area contributed by atoms with E-state index in [2.05, 4.69) is 0 Å². The molecule has 0 aliphatic heterocycles. The zero-order chi connectivity index (χ0) is 15.5.